The fourth-order valence-corrected chi connectivity index (χ4v) is 3.34. The number of nitrogens with one attached hydrogen (secondary N) is 2. The molecule has 0 aliphatic carbocycles. The van der Waals surface area contributed by atoms with Gasteiger partial charge < -0.3 is 20.3 Å². The highest BCUT2D eigenvalue weighted by Gasteiger charge is 2.31. The number of carbonyl (C=O) groups is 3. The highest BCUT2D eigenvalue weighted by molar-refractivity contribution is 5.90. The number of amides is 3. The number of rotatable bonds is 10. The lowest BCUT2D eigenvalue weighted by Crippen LogP contribution is -2.47. The van der Waals surface area contributed by atoms with Crippen molar-refractivity contribution in [3.05, 3.63) is 83.9 Å². The number of nitrogens with zero attached hydrogens (tertiary/aromatic N) is 1. The van der Waals surface area contributed by atoms with Crippen molar-refractivity contribution in [1.29, 1.82) is 0 Å². The molecule has 0 saturated heterocycles. The largest absolute Gasteiger partial charge is 0.444 e. The van der Waals surface area contributed by atoms with Gasteiger partial charge in [0, 0.05) is 13.1 Å². The summed E-state index contributed by atoms with van der Waals surface area (Å²) in [5.41, 5.74) is 2.06. The monoisotopic (exact) mass is 465 g/mol. The van der Waals surface area contributed by atoms with E-state index in [1.54, 1.807) is 26.8 Å². The average Bonchev–Trinajstić information content (AvgIpc) is 2.81. The van der Waals surface area contributed by atoms with Gasteiger partial charge in [-0.2, -0.15) is 0 Å². The third kappa shape index (κ3) is 8.39. The van der Waals surface area contributed by atoms with Crippen LogP contribution in [0.4, 0.5) is 4.79 Å². The summed E-state index contributed by atoms with van der Waals surface area (Å²) in [6.45, 7) is 11.2. The Bertz CT molecular complexity index is 966. The molecule has 0 aromatic heterocycles. The van der Waals surface area contributed by atoms with E-state index in [-0.39, 0.29) is 19.0 Å². The molecule has 1 atom stereocenters. The third-order valence-electron chi connectivity index (χ3n) is 5.00. The molecule has 3 amide bonds. The topological polar surface area (TPSA) is 87.7 Å². The minimum Gasteiger partial charge on any atom is -0.444 e. The zero-order valence-electron chi connectivity index (χ0n) is 20.5. The van der Waals surface area contributed by atoms with Gasteiger partial charge >= 0.3 is 6.09 Å². The lowest BCUT2D eigenvalue weighted by Gasteiger charge is -2.31. The summed E-state index contributed by atoms with van der Waals surface area (Å²) in [6, 6.07) is 16.3. The smallest absolute Gasteiger partial charge is 0.408 e. The van der Waals surface area contributed by atoms with Gasteiger partial charge in [0.1, 0.15) is 18.2 Å². The van der Waals surface area contributed by atoms with Crippen molar-refractivity contribution in [2.75, 3.05) is 13.1 Å². The Hall–Kier alpha value is -3.61. The van der Waals surface area contributed by atoms with Crippen LogP contribution >= 0.6 is 0 Å². The molecular formula is C27H35N3O4. The molecule has 182 valence electrons. The molecule has 0 heterocycles. The van der Waals surface area contributed by atoms with E-state index in [4.69, 9.17) is 4.74 Å². The maximum Gasteiger partial charge on any atom is 0.408 e. The van der Waals surface area contributed by atoms with Gasteiger partial charge in [0.15, 0.2) is 0 Å². The molecule has 0 spiro atoms. The summed E-state index contributed by atoms with van der Waals surface area (Å²) >= 11 is 0. The second kappa shape index (κ2) is 12.6. The van der Waals surface area contributed by atoms with Crippen molar-refractivity contribution in [2.45, 2.75) is 52.3 Å². The van der Waals surface area contributed by atoms with Crippen LogP contribution < -0.4 is 10.6 Å². The number of aryl methyl sites for hydroxylation is 1. The predicted octanol–water partition coefficient (Wildman–Crippen LogP) is 4.15. The number of hydrogen-bond acceptors (Lipinski definition) is 4. The zero-order chi connectivity index (χ0) is 25.1. The minimum absolute atomic E-state index is 0.133. The van der Waals surface area contributed by atoms with E-state index in [1.807, 2.05) is 54.6 Å². The van der Waals surface area contributed by atoms with Crippen LogP contribution in [-0.4, -0.2) is 41.5 Å². The number of alkyl carbamates (subject to hydrolysis) is 1. The average molecular weight is 466 g/mol. The van der Waals surface area contributed by atoms with Gasteiger partial charge in [-0.15, -0.1) is 6.58 Å². The van der Waals surface area contributed by atoms with Crippen molar-refractivity contribution in [3.8, 4) is 0 Å². The van der Waals surface area contributed by atoms with Crippen molar-refractivity contribution in [3.63, 3.8) is 0 Å². The molecule has 2 aromatic carbocycles. The third-order valence-corrected chi connectivity index (χ3v) is 5.00. The zero-order valence-corrected chi connectivity index (χ0v) is 20.5. The Kier molecular flexibility index (Phi) is 9.86. The van der Waals surface area contributed by atoms with Crippen LogP contribution in [0.15, 0.2) is 67.3 Å². The van der Waals surface area contributed by atoms with Crippen LogP contribution in [0.1, 0.15) is 50.4 Å². The SMILES string of the molecule is C=CCN(C(=O)CNC(=O)OC(C)(C)C)C(C(=O)NCc1ccccc1)c1ccc(CC)cc1. The normalized spacial score (nSPS) is 11.8. The molecule has 2 N–H and O–H groups in total. The standard InChI is InChI=1S/C27H35N3O4/c1-6-17-30(23(31)19-29-26(33)34-27(3,4)5)24(22-15-13-20(7-2)14-16-22)25(32)28-18-21-11-9-8-10-12-21/h6,8-16,24H,1,7,17-19H2,2-5H3,(H,28,32)(H,29,33). The van der Waals surface area contributed by atoms with Crippen LogP contribution in [0.2, 0.25) is 0 Å². The van der Waals surface area contributed by atoms with Crippen molar-refractivity contribution in [2.24, 2.45) is 0 Å². The van der Waals surface area contributed by atoms with Crippen molar-refractivity contribution < 1.29 is 19.1 Å². The van der Waals surface area contributed by atoms with Crippen LogP contribution in [0.5, 0.6) is 0 Å². The quantitative estimate of drug-likeness (QED) is 0.516. The van der Waals surface area contributed by atoms with Gasteiger partial charge in [-0.1, -0.05) is 67.6 Å². The van der Waals surface area contributed by atoms with Gasteiger partial charge in [0.25, 0.3) is 0 Å². The van der Waals surface area contributed by atoms with Gasteiger partial charge in [0.2, 0.25) is 11.8 Å². The number of carbonyl (C=O) groups excluding carboxylic acids is 3. The summed E-state index contributed by atoms with van der Waals surface area (Å²) in [4.78, 5) is 40.0. The fraction of sp³-hybridized carbons (Fsp3) is 0.370. The predicted molar refractivity (Wildman–Crippen MR) is 133 cm³/mol. The summed E-state index contributed by atoms with van der Waals surface area (Å²) in [5.74, 6) is -0.745. The molecule has 2 aromatic rings. The number of ether oxygens (including phenoxy) is 1. The second-order valence-corrected chi connectivity index (χ2v) is 8.89. The fourth-order valence-electron chi connectivity index (χ4n) is 3.34. The molecule has 34 heavy (non-hydrogen) atoms. The Morgan fingerprint density at radius 2 is 1.65 bits per heavy atom. The van der Waals surface area contributed by atoms with E-state index in [0.717, 1.165) is 17.5 Å². The molecule has 0 fully saturated rings. The Labute approximate surface area is 202 Å². The van der Waals surface area contributed by atoms with E-state index in [1.165, 1.54) is 4.90 Å². The molecule has 0 bridgehead atoms. The van der Waals surface area contributed by atoms with Gasteiger partial charge in [-0.25, -0.2) is 4.79 Å². The van der Waals surface area contributed by atoms with E-state index in [9.17, 15) is 14.4 Å². The van der Waals surface area contributed by atoms with E-state index in [2.05, 4.69) is 24.1 Å². The lowest BCUT2D eigenvalue weighted by atomic mass is 10.0. The van der Waals surface area contributed by atoms with E-state index in [0.29, 0.717) is 12.1 Å². The first-order valence-electron chi connectivity index (χ1n) is 11.4. The Balaban J connectivity index is 2.26. The van der Waals surface area contributed by atoms with Crippen LogP contribution in [0.25, 0.3) is 0 Å². The van der Waals surface area contributed by atoms with Gasteiger partial charge in [-0.05, 0) is 43.9 Å². The first kappa shape index (κ1) is 26.6. The number of hydrogen-bond donors (Lipinski definition) is 2. The summed E-state index contributed by atoms with van der Waals surface area (Å²) in [5, 5.41) is 5.42. The molecule has 0 aliphatic heterocycles. The van der Waals surface area contributed by atoms with Crippen LogP contribution in [-0.2, 0) is 27.3 Å². The minimum atomic E-state index is -0.888. The van der Waals surface area contributed by atoms with Crippen LogP contribution in [0.3, 0.4) is 0 Å². The molecule has 0 aliphatic rings. The van der Waals surface area contributed by atoms with E-state index >= 15 is 0 Å². The van der Waals surface area contributed by atoms with Crippen molar-refractivity contribution >= 4 is 17.9 Å². The summed E-state index contributed by atoms with van der Waals surface area (Å²) in [7, 11) is 0. The first-order valence-corrected chi connectivity index (χ1v) is 11.4. The molecule has 0 radical (unpaired) electrons. The summed E-state index contributed by atoms with van der Waals surface area (Å²) in [6.07, 6.45) is 1.72. The Morgan fingerprint density at radius 3 is 2.21 bits per heavy atom. The highest BCUT2D eigenvalue weighted by Crippen LogP contribution is 2.23. The maximum atomic E-state index is 13.4. The molecule has 7 nitrogen and oxygen atoms in total. The molecular weight excluding hydrogens is 430 g/mol. The number of benzene rings is 2. The Morgan fingerprint density at radius 1 is 1.00 bits per heavy atom. The molecule has 2 rings (SSSR count). The van der Waals surface area contributed by atoms with E-state index < -0.39 is 23.6 Å². The second-order valence-electron chi connectivity index (χ2n) is 8.89. The van der Waals surface area contributed by atoms with Crippen LogP contribution in [0, 0.1) is 0 Å². The molecule has 0 saturated carbocycles. The maximum absolute atomic E-state index is 13.4. The highest BCUT2D eigenvalue weighted by atomic mass is 16.6. The van der Waals surface area contributed by atoms with Gasteiger partial charge in [0.05, 0.1) is 0 Å². The lowest BCUT2D eigenvalue weighted by molar-refractivity contribution is -0.139. The first-order chi connectivity index (χ1) is 16.1. The molecule has 7 heteroatoms. The van der Waals surface area contributed by atoms with Crippen molar-refractivity contribution in [1.82, 2.24) is 15.5 Å². The summed E-state index contributed by atoms with van der Waals surface area (Å²) < 4.78 is 5.21. The van der Waals surface area contributed by atoms with Gasteiger partial charge in [-0.3, -0.25) is 9.59 Å². The molecule has 1 unspecified atom stereocenters.